The van der Waals surface area contributed by atoms with E-state index in [0.717, 1.165) is 24.0 Å². The quantitative estimate of drug-likeness (QED) is 0.258. The molecule has 2 aromatic rings. The summed E-state index contributed by atoms with van der Waals surface area (Å²) in [7, 11) is -2.07. The van der Waals surface area contributed by atoms with Gasteiger partial charge in [0.1, 0.15) is 11.4 Å². The molecule has 2 aromatic carbocycles. The highest BCUT2D eigenvalue weighted by atomic mass is 28.4. The third-order valence-electron chi connectivity index (χ3n) is 7.21. The Balaban J connectivity index is 2.33. The molecule has 6 heteroatoms. The molecule has 0 aliphatic carbocycles. The van der Waals surface area contributed by atoms with Gasteiger partial charge in [-0.3, -0.25) is 0 Å². The molecule has 0 radical (unpaired) electrons. The number of carbonyl (C=O) groups is 1. The summed E-state index contributed by atoms with van der Waals surface area (Å²) < 4.78 is 28.1. The van der Waals surface area contributed by atoms with E-state index in [2.05, 4.69) is 51.3 Å². The van der Waals surface area contributed by atoms with Crippen molar-refractivity contribution in [2.45, 2.75) is 97.0 Å². The van der Waals surface area contributed by atoms with Gasteiger partial charge < -0.3 is 14.5 Å². The predicted molar refractivity (Wildman–Crippen MR) is 159 cm³/mol. The summed E-state index contributed by atoms with van der Waals surface area (Å²) in [5.74, 6) is -0.558. The molecule has 0 aromatic heterocycles. The molecule has 0 saturated carbocycles. The zero-order valence-electron chi connectivity index (χ0n) is 24.6. The van der Waals surface area contributed by atoms with Crippen LogP contribution in [0.4, 0.5) is 9.18 Å². The van der Waals surface area contributed by atoms with E-state index in [9.17, 15) is 4.79 Å². The minimum Gasteiger partial charge on any atom is -0.444 e. The van der Waals surface area contributed by atoms with Crippen LogP contribution in [0.3, 0.4) is 0 Å². The molecule has 210 valence electrons. The number of nitrogens with one attached hydrogen (secondary N) is 1. The number of benzene rings is 2. The summed E-state index contributed by atoms with van der Waals surface area (Å²) in [5, 5.41) is 2.87. The molecule has 0 fully saturated rings. The number of halogens is 1. The second kappa shape index (κ2) is 14.1. The molecule has 0 bridgehead atoms. The van der Waals surface area contributed by atoms with Crippen LogP contribution in [0.5, 0.6) is 0 Å². The molecule has 0 saturated heterocycles. The third-order valence-corrected chi connectivity index (χ3v) is 11.6. The average molecular weight is 542 g/mol. The van der Waals surface area contributed by atoms with E-state index in [0.29, 0.717) is 19.4 Å². The van der Waals surface area contributed by atoms with Crippen molar-refractivity contribution < 1.29 is 18.3 Å². The molecule has 0 spiro atoms. The van der Waals surface area contributed by atoms with Crippen molar-refractivity contribution >= 4 is 14.4 Å². The highest BCUT2D eigenvalue weighted by Crippen LogP contribution is 2.42. The molecule has 1 N–H and O–H groups in total. The Kier molecular flexibility index (Phi) is 11.8. The van der Waals surface area contributed by atoms with Crippen molar-refractivity contribution in [1.82, 2.24) is 5.32 Å². The molecule has 1 amide bonds. The summed E-state index contributed by atoms with van der Waals surface area (Å²) in [5.41, 5.74) is 1.38. The van der Waals surface area contributed by atoms with Crippen molar-refractivity contribution in [1.29, 1.82) is 0 Å². The first-order valence-electron chi connectivity index (χ1n) is 13.8. The maximum Gasteiger partial charge on any atom is 0.408 e. The molecule has 38 heavy (non-hydrogen) atoms. The zero-order valence-corrected chi connectivity index (χ0v) is 25.6. The fourth-order valence-electron chi connectivity index (χ4n) is 4.38. The highest BCUT2D eigenvalue weighted by molar-refractivity contribution is 6.74. The average Bonchev–Trinajstić information content (AvgIpc) is 2.82. The standard InChI is InChI=1S/C32H48FNO3Si/c1-9-20-32(5,6)38(7,8)36-24-27(21-25-16-12-10-13-17-25)22-28(33)29(23-26-18-14-11-15-19-26)34-30(35)37-31(2,3)4/h10-19,22,27,29H,9,20-21,23-24H2,1-8H3,(H,34,35)/t27-,29+/m0/s1. The second-order valence-electron chi connectivity index (χ2n) is 12.3. The lowest BCUT2D eigenvalue weighted by Crippen LogP contribution is -2.43. The Hall–Kier alpha value is -2.44. The molecule has 2 atom stereocenters. The van der Waals surface area contributed by atoms with E-state index in [4.69, 9.17) is 9.16 Å². The summed E-state index contributed by atoms with van der Waals surface area (Å²) >= 11 is 0. The van der Waals surface area contributed by atoms with Crippen molar-refractivity contribution in [3.63, 3.8) is 0 Å². The van der Waals surface area contributed by atoms with Crippen LogP contribution in [0.1, 0.15) is 65.5 Å². The van der Waals surface area contributed by atoms with E-state index in [-0.39, 0.29) is 16.8 Å². The molecule has 0 unspecified atom stereocenters. The van der Waals surface area contributed by atoms with Crippen molar-refractivity contribution in [2.24, 2.45) is 5.92 Å². The Morgan fingerprint density at radius 1 is 0.947 bits per heavy atom. The van der Waals surface area contributed by atoms with E-state index in [1.54, 1.807) is 26.8 Å². The molecule has 2 rings (SSSR count). The summed E-state index contributed by atoms with van der Waals surface area (Å²) in [4.78, 5) is 12.6. The second-order valence-corrected chi connectivity index (χ2v) is 17.0. The van der Waals surface area contributed by atoms with Gasteiger partial charge in [0.15, 0.2) is 8.32 Å². The summed E-state index contributed by atoms with van der Waals surface area (Å²) in [6.07, 6.45) is 4.19. The molecule has 0 aliphatic heterocycles. The lowest BCUT2D eigenvalue weighted by atomic mass is 9.97. The fourth-order valence-corrected chi connectivity index (χ4v) is 6.25. The van der Waals surface area contributed by atoms with Gasteiger partial charge in [-0.05, 0) is 75.4 Å². The van der Waals surface area contributed by atoms with Gasteiger partial charge >= 0.3 is 6.09 Å². The van der Waals surface area contributed by atoms with Crippen LogP contribution in [0, 0.1) is 5.92 Å². The molecule has 0 heterocycles. The van der Waals surface area contributed by atoms with Crippen LogP contribution < -0.4 is 5.32 Å². The van der Waals surface area contributed by atoms with Crippen molar-refractivity contribution in [3.8, 4) is 0 Å². The lowest BCUT2D eigenvalue weighted by molar-refractivity contribution is 0.0506. The smallest absolute Gasteiger partial charge is 0.408 e. The van der Waals surface area contributed by atoms with Gasteiger partial charge in [-0.15, -0.1) is 0 Å². The predicted octanol–water partition coefficient (Wildman–Crippen LogP) is 8.64. The maximum atomic E-state index is 16.0. The Labute approximate surface area is 231 Å². The van der Waals surface area contributed by atoms with Gasteiger partial charge in [-0.2, -0.15) is 0 Å². The van der Waals surface area contributed by atoms with Crippen LogP contribution in [0.2, 0.25) is 18.1 Å². The lowest BCUT2D eigenvalue weighted by Gasteiger charge is -2.40. The van der Waals surface area contributed by atoms with Crippen LogP contribution in [0.25, 0.3) is 0 Å². The number of hydrogen-bond donors (Lipinski definition) is 1. The fraction of sp³-hybridized carbons (Fsp3) is 0.531. The molecular formula is C32H48FNO3Si. The first-order valence-corrected chi connectivity index (χ1v) is 16.7. The van der Waals surface area contributed by atoms with Crippen LogP contribution in [-0.2, 0) is 22.0 Å². The molecule has 4 nitrogen and oxygen atoms in total. The highest BCUT2D eigenvalue weighted by Gasteiger charge is 2.40. The minimum atomic E-state index is -2.07. The SMILES string of the molecule is CCCC(C)(C)[Si](C)(C)OC[C@H](C=C(F)[C@@H](Cc1ccccc1)NC(=O)OC(C)(C)C)Cc1ccccc1. The summed E-state index contributed by atoms with van der Waals surface area (Å²) in [6.45, 7) is 17.1. The van der Waals surface area contributed by atoms with E-state index >= 15 is 4.39 Å². The zero-order chi connectivity index (χ0) is 28.4. The largest absolute Gasteiger partial charge is 0.444 e. The van der Waals surface area contributed by atoms with E-state index in [1.165, 1.54) is 0 Å². The number of hydrogen-bond acceptors (Lipinski definition) is 3. The van der Waals surface area contributed by atoms with E-state index in [1.807, 2.05) is 48.5 Å². The van der Waals surface area contributed by atoms with Gasteiger partial charge in [-0.1, -0.05) is 87.9 Å². The number of alkyl carbamates (subject to hydrolysis) is 1. The molecular weight excluding hydrogens is 493 g/mol. The van der Waals surface area contributed by atoms with Crippen LogP contribution >= 0.6 is 0 Å². The number of amides is 1. The Morgan fingerprint density at radius 3 is 1.97 bits per heavy atom. The van der Waals surface area contributed by atoms with Crippen molar-refractivity contribution in [3.05, 3.63) is 83.7 Å². The van der Waals surface area contributed by atoms with Gasteiger partial charge in [-0.25, -0.2) is 9.18 Å². The molecule has 0 aliphatic rings. The third kappa shape index (κ3) is 10.7. The first-order chi connectivity index (χ1) is 17.7. The van der Waals surface area contributed by atoms with Gasteiger partial charge in [0.05, 0.1) is 6.04 Å². The first kappa shape index (κ1) is 31.8. The number of carbonyl (C=O) groups excluding carboxylic acids is 1. The normalized spacial score (nSPS) is 14.6. The van der Waals surface area contributed by atoms with Crippen LogP contribution in [-0.4, -0.2) is 32.7 Å². The maximum absolute atomic E-state index is 16.0. The van der Waals surface area contributed by atoms with Crippen molar-refractivity contribution in [2.75, 3.05) is 6.61 Å². The Morgan fingerprint density at radius 2 is 1.47 bits per heavy atom. The summed E-state index contributed by atoms with van der Waals surface area (Å²) in [6, 6.07) is 18.9. The van der Waals surface area contributed by atoms with Crippen LogP contribution in [0.15, 0.2) is 72.6 Å². The van der Waals surface area contributed by atoms with E-state index < -0.39 is 26.1 Å². The topological polar surface area (TPSA) is 47.6 Å². The van der Waals surface area contributed by atoms with Gasteiger partial charge in [0.2, 0.25) is 0 Å². The number of rotatable bonds is 13. The minimum absolute atomic E-state index is 0.107. The van der Waals surface area contributed by atoms with Gasteiger partial charge in [0, 0.05) is 12.5 Å². The Bertz CT molecular complexity index is 1020. The van der Waals surface area contributed by atoms with Gasteiger partial charge in [0.25, 0.3) is 0 Å². The number of ether oxygens (including phenoxy) is 1. The monoisotopic (exact) mass is 541 g/mol.